The van der Waals surface area contributed by atoms with Crippen molar-refractivity contribution in [1.29, 1.82) is 0 Å². The van der Waals surface area contributed by atoms with Gasteiger partial charge in [0.05, 0.1) is 63.1 Å². The topological polar surface area (TPSA) is 209 Å². The molecule has 3 aliphatic heterocycles. The van der Waals surface area contributed by atoms with Gasteiger partial charge in [0, 0.05) is 80.8 Å². The first-order chi connectivity index (χ1) is 31.1. The number of ether oxygens (including phenoxy) is 6. The van der Waals surface area contributed by atoms with Gasteiger partial charge in [-0.25, -0.2) is 14.8 Å². The number of amides is 1. The van der Waals surface area contributed by atoms with Gasteiger partial charge in [-0.2, -0.15) is 0 Å². The van der Waals surface area contributed by atoms with Crippen molar-refractivity contribution >= 4 is 104 Å². The van der Waals surface area contributed by atoms with E-state index in [1.165, 1.54) is 36.7 Å². The van der Waals surface area contributed by atoms with Crippen molar-refractivity contribution in [3.05, 3.63) is 52.2 Å². The molecule has 21 heteroatoms. The Morgan fingerprint density at radius 1 is 1.09 bits per heavy atom. The minimum absolute atomic E-state index is 0.114. The highest BCUT2D eigenvalue weighted by atomic mass is 127. The fourth-order valence-corrected chi connectivity index (χ4v) is 12.4. The Hall–Kier alpha value is -3.15. The Balaban J connectivity index is 1.30. The molecule has 66 heavy (non-hydrogen) atoms. The molecule has 0 saturated carbocycles. The molecular weight excluding hydrogens is 1030 g/mol. The van der Waals surface area contributed by atoms with Gasteiger partial charge in [-0.1, -0.05) is 50.0 Å². The maximum absolute atomic E-state index is 14.9. The lowest BCUT2D eigenvalue weighted by Crippen LogP contribution is -2.59. The minimum Gasteiger partial charge on any atom is -0.453 e. The maximum atomic E-state index is 14.9. The van der Waals surface area contributed by atoms with Crippen LogP contribution >= 0.6 is 57.6 Å². The van der Waals surface area contributed by atoms with Crippen molar-refractivity contribution in [1.82, 2.24) is 24.4 Å². The number of imidazole rings is 1. The van der Waals surface area contributed by atoms with E-state index >= 15 is 0 Å². The SMILES string of the molecule is CO[C@@H]1C[C@@H](C)O[C@@H](O[C@@H]2[C@@H](C)/C=C(/C)C(=O)O[C@H](I)[C@@]3(C)OC(=O)C(SCCn4cnc5c(N)ncc(C(=O)Nc6c(Cl)cncc6Cl)c54)[C@@H]3[C@@H](C)C(=O)[C@H](C)C[C@@]2(C)OC)[C@H]1N(C)C. The molecule has 0 radical (unpaired) electrons. The largest absolute Gasteiger partial charge is 0.453 e. The third kappa shape index (κ3) is 10.5. The van der Waals surface area contributed by atoms with Crippen molar-refractivity contribution in [3.63, 3.8) is 0 Å². The number of nitrogens with two attached hydrogens (primary N) is 1. The number of hydrogen-bond acceptors (Lipinski definition) is 16. The quantitative estimate of drug-likeness (QED) is 0.113. The number of likely N-dealkylation sites (N-methyl/N-ethyl adjacent to an activating group) is 1. The van der Waals surface area contributed by atoms with Crippen LogP contribution < -0.4 is 11.1 Å². The summed E-state index contributed by atoms with van der Waals surface area (Å²) in [5, 5.41) is 2.17. The number of halogens is 3. The number of pyridine rings is 2. The predicted molar refractivity (Wildman–Crippen MR) is 261 cm³/mol. The van der Waals surface area contributed by atoms with Gasteiger partial charge >= 0.3 is 11.9 Å². The number of cyclic esters (lactones) is 1. The summed E-state index contributed by atoms with van der Waals surface area (Å²) in [6.45, 7) is 13.1. The molecule has 6 heterocycles. The van der Waals surface area contributed by atoms with Gasteiger partial charge in [0.2, 0.25) is 0 Å². The van der Waals surface area contributed by atoms with Crippen LogP contribution in [0, 0.1) is 23.7 Å². The molecule has 17 nitrogen and oxygen atoms in total. The highest BCUT2D eigenvalue weighted by molar-refractivity contribution is 14.1. The highest BCUT2D eigenvalue weighted by Gasteiger charge is 2.61. The molecule has 0 aromatic carbocycles. The van der Waals surface area contributed by atoms with Crippen LogP contribution in [0.3, 0.4) is 0 Å². The van der Waals surface area contributed by atoms with Crippen molar-refractivity contribution in [3.8, 4) is 0 Å². The number of hydrogen-bond donors (Lipinski definition) is 2. The molecule has 1 unspecified atom stereocenters. The Morgan fingerprint density at radius 3 is 2.41 bits per heavy atom. The fraction of sp³-hybridized carbons (Fsp3) is 0.622. The van der Waals surface area contributed by atoms with Crippen molar-refractivity contribution in [2.24, 2.45) is 23.7 Å². The molecule has 3 aromatic rings. The molecule has 362 valence electrons. The van der Waals surface area contributed by atoms with Gasteiger partial charge in [-0.05, 0) is 70.8 Å². The first kappa shape index (κ1) is 52.2. The second-order valence-electron chi connectivity index (χ2n) is 18.1. The van der Waals surface area contributed by atoms with Crippen LogP contribution in [0.1, 0.15) is 71.7 Å². The summed E-state index contributed by atoms with van der Waals surface area (Å²) in [7, 11) is 7.16. The molecule has 3 N–H and O–H groups in total. The summed E-state index contributed by atoms with van der Waals surface area (Å²) in [4.78, 5) is 71.3. The normalized spacial score (nSPS) is 34.3. The van der Waals surface area contributed by atoms with E-state index in [-0.39, 0.29) is 64.1 Å². The molecule has 3 aliphatic rings. The second-order valence-corrected chi connectivity index (χ2v) is 21.3. The van der Waals surface area contributed by atoms with Gasteiger partial charge in [-0.15, -0.1) is 11.8 Å². The molecule has 13 atom stereocenters. The van der Waals surface area contributed by atoms with Gasteiger partial charge in [0.1, 0.15) is 16.5 Å². The lowest BCUT2D eigenvalue weighted by Gasteiger charge is -2.48. The molecule has 0 bridgehead atoms. The molecule has 0 spiro atoms. The Labute approximate surface area is 413 Å². The van der Waals surface area contributed by atoms with Crippen LogP contribution in [-0.4, -0.2) is 133 Å². The standard InChI is InChI=1S/C45H60Cl2IN7O10S/c1-21-14-22(2)40(58)64-43(48)45(7)30(25(5)35(56)23(3)16-44(6,61-11)37(21)63-42-34(54(8)9)29(60-10)15-24(4)62-42)36(41(59)65-45)66-13-12-55-20-52-32-33(55)26(17-51-38(32)49)39(57)53-31-27(46)18-50-19-28(31)47/h14,17-21,23-25,29-30,34,36-37,42-43H,12-13,15-16H2,1-11H3,(H2,49,51)(H,50,53,57)/b22-14-/t21-,23+,24+,25+,29+,30-,34-,36?,37+,42-,43-,44+,45-/m0/s1. The van der Waals surface area contributed by atoms with Crippen LogP contribution in [0.2, 0.25) is 10.0 Å². The number of rotatable bonds is 11. The predicted octanol–water partition coefficient (Wildman–Crippen LogP) is 7.00. The molecule has 2 saturated heterocycles. The number of nitrogens with zero attached hydrogens (tertiary/aromatic N) is 5. The lowest BCUT2D eigenvalue weighted by molar-refractivity contribution is -0.289. The number of aromatic nitrogens is 4. The third-order valence-electron chi connectivity index (χ3n) is 13.2. The number of Topliss-reactive ketones (excluding diaryl/α,β-unsaturated/α-hetero) is 1. The average Bonchev–Trinajstić information content (AvgIpc) is 3.80. The van der Waals surface area contributed by atoms with Gasteiger partial charge in [-0.3, -0.25) is 24.3 Å². The highest BCUT2D eigenvalue weighted by Crippen LogP contribution is 2.49. The number of alkyl halides is 1. The third-order valence-corrected chi connectivity index (χ3v) is 16.5. The summed E-state index contributed by atoms with van der Waals surface area (Å²) in [6, 6.07) is -0.269. The second kappa shape index (κ2) is 21.2. The van der Waals surface area contributed by atoms with E-state index in [1.807, 2.05) is 69.3 Å². The fourth-order valence-electron chi connectivity index (χ4n) is 9.75. The summed E-state index contributed by atoms with van der Waals surface area (Å²) in [5.74, 6) is -3.93. The number of carbonyl (C=O) groups is 4. The van der Waals surface area contributed by atoms with Crippen LogP contribution in [-0.2, 0) is 49.3 Å². The number of thioether (sulfide) groups is 1. The smallest absolute Gasteiger partial charge is 0.334 e. The van der Waals surface area contributed by atoms with E-state index in [4.69, 9.17) is 57.4 Å². The first-order valence-corrected chi connectivity index (χ1v) is 24.8. The number of methoxy groups -OCH3 is 2. The van der Waals surface area contributed by atoms with E-state index in [2.05, 4.69) is 20.3 Å². The van der Waals surface area contributed by atoms with Crippen LogP contribution in [0.15, 0.2) is 36.6 Å². The van der Waals surface area contributed by atoms with Gasteiger partial charge in [0.15, 0.2) is 21.8 Å². The number of anilines is 2. The molecule has 6 rings (SSSR count). The zero-order valence-corrected chi connectivity index (χ0v) is 43.5. The first-order valence-electron chi connectivity index (χ1n) is 21.7. The summed E-state index contributed by atoms with van der Waals surface area (Å²) < 4.78 is 38.8. The molecule has 2 fully saturated rings. The van der Waals surface area contributed by atoms with Crippen molar-refractivity contribution < 1.29 is 47.6 Å². The maximum Gasteiger partial charge on any atom is 0.334 e. The van der Waals surface area contributed by atoms with Crippen LogP contribution in [0.25, 0.3) is 11.0 Å². The van der Waals surface area contributed by atoms with E-state index in [0.717, 1.165) is 0 Å². The molecule has 0 aliphatic carbocycles. The zero-order valence-electron chi connectivity index (χ0n) is 39.0. The van der Waals surface area contributed by atoms with E-state index < -0.39 is 74.5 Å². The minimum atomic E-state index is -1.40. The monoisotopic (exact) mass is 1090 g/mol. The van der Waals surface area contributed by atoms with Crippen LogP contribution in [0.5, 0.6) is 0 Å². The van der Waals surface area contributed by atoms with Crippen LogP contribution in [0.4, 0.5) is 11.5 Å². The number of ketones is 1. The summed E-state index contributed by atoms with van der Waals surface area (Å²) in [6.07, 6.45) is 6.51. The number of aryl methyl sites for hydroxylation is 1. The Morgan fingerprint density at radius 2 is 1.77 bits per heavy atom. The Kier molecular flexibility index (Phi) is 16.8. The number of fused-ring (bicyclic) bond motifs is 2. The number of nitrogen functional groups attached to an aromatic ring is 1. The molecular formula is C45H60Cl2IN7O10S. The van der Waals surface area contributed by atoms with Crippen molar-refractivity contribution in [2.75, 3.05) is 45.1 Å². The molecule has 1 amide bonds. The average molecular weight is 1090 g/mol. The molecule has 3 aromatic heterocycles. The Bertz CT molecular complexity index is 2320. The van der Waals surface area contributed by atoms with Gasteiger partial charge < -0.3 is 44.0 Å². The summed E-state index contributed by atoms with van der Waals surface area (Å²) >= 11 is 15.9. The lowest BCUT2D eigenvalue weighted by atomic mass is 9.72. The number of nitrogens with one attached hydrogen (secondary N) is 1. The van der Waals surface area contributed by atoms with Crippen molar-refractivity contribution in [2.45, 2.75) is 119 Å². The van der Waals surface area contributed by atoms with E-state index in [0.29, 0.717) is 28.8 Å². The van der Waals surface area contributed by atoms with E-state index in [1.54, 1.807) is 45.6 Å². The van der Waals surface area contributed by atoms with Gasteiger partial charge in [0.25, 0.3) is 5.91 Å². The number of carbonyl (C=O) groups excluding carboxylic acids is 4. The number of esters is 2. The van der Waals surface area contributed by atoms with E-state index in [9.17, 15) is 19.2 Å². The zero-order chi connectivity index (χ0) is 48.6. The summed E-state index contributed by atoms with van der Waals surface area (Å²) in [5.41, 5.74) is 5.09.